The molecule has 0 amide bonds. The van der Waals surface area contributed by atoms with Gasteiger partial charge in [0.1, 0.15) is 4.34 Å². The topological polar surface area (TPSA) is 51.4 Å². The van der Waals surface area contributed by atoms with Crippen LogP contribution in [0.1, 0.15) is 0 Å². The Bertz CT molecular complexity index is 556. The van der Waals surface area contributed by atoms with Crippen molar-refractivity contribution in [3.63, 3.8) is 0 Å². The first-order chi connectivity index (χ1) is 5.98. The van der Waals surface area contributed by atoms with E-state index in [1.54, 1.807) is 0 Å². The number of aromatic nitrogens is 2. The van der Waals surface area contributed by atoms with Crippen molar-refractivity contribution in [3.05, 3.63) is 16.7 Å². The quantitative estimate of drug-likeness (QED) is 0.734. The van der Waals surface area contributed by atoms with Crippen molar-refractivity contribution in [2.75, 3.05) is 0 Å². The highest BCUT2D eigenvalue weighted by Crippen LogP contribution is 2.26. The molecule has 2 aromatic heterocycles. The first kappa shape index (κ1) is 9.26. The number of imidazole rings is 1. The Morgan fingerprint density at radius 3 is 2.85 bits per heavy atom. The van der Waals surface area contributed by atoms with Gasteiger partial charge in [-0.05, 0) is 0 Å². The highest BCUT2D eigenvalue weighted by molar-refractivity contribution is 8.13. The van der Waals surface area contributed by atoms with Gasteiger partial charge in [0, 0.05) is 16.9 Å². The molecule has 8 heteroatoms. The molecule has 0 unspecified atom stereocenters. The number of nitrogens with zero attached hydrogens (tertiary/aromatic N) is 2. The minimum atomic E-state index is -3.75. The molecule has 4 nitrogen and oxygen atoms in total. The van der Waals surface area contributed by atoms with Crippen molar-refractivity contribution < 1.29 is 8.42 Å². The number of fused-ring (bicyclic) bond motifs is 1. The summed E-state index contributed by atoms with van der Waals surface area (Å²) < 4.78 is 23.8. The van der Waals surface area contributed by atoms with Gasteiger partial charge in [0.2, 0.25) is 0 Å². The number of hydrogen-bond donors (Lipinski definition) is 0. The van der Waals surface area contributed by atoms with Gasteiger partial charge in [0.25, 0.3) is 9.05 Å². The zero-order chi connectivity index (χ0) is 9.64. The summed E-state index contributed by atoms with van der Waals surface area (Å²) in [6, 6.07) is 0. The summed E-state index contributed by atoms with van der Waals surface area (Å²) in [7, 11) is 1.41. The molecule has 2 rings (SSSR count). The average molecular weight is 257 g/mol. The van der Waals surface area contributed by atoms with Gasteiger partial charge in [-0.1, -0.05) is 22.9 Å². The maximum atomic E-state index is 11.0. The molecule has 0 bridgehead atoms. The Balaban J connectivity index is 2.84. The number of halogens is 2. The molecule has 70 valence electrons. The molecule has 2 aromatic rings. The van der Waals surface area contributed by atoms with Crippen LogP contribution in [-0.2, 0) is 9.05 Å². The number of rotatable bonds is 1. The summed E-state index contributed by atoms with van der Waals surface area (Å²) in [5.74, 6) is 0. The maximum absolute atomic E-state index is 11.0. The van der Waals surface area contributed by atoms with Crippen LogP contribution >= 0.6 is 33.6 Å². The Morgan fingerprint density at radius 2 is 2.23 bits per heavy atom. The molecular formula is C5H2Cl2N2O2S2. The van der Waals surface area contributed by atoms with Crippen LogP contribution in [0.4, 0.5) is 0 Å². The molecule has 0 radical (unpaired) electrons. The molecule has 0 N–H and O–H groups in total. The molecule has 0 saturated heterocycles. The van der Waals surface area contributed by atoms with Crippen LogP contribution in [-0.4, -0.2) is 17.8 Å². The van der Waals surface area contributed by atoms with E-state index in [1.807, 2.05) is 0 Å². The van der Waals surface area contributed by atoms with E-state index in [9.17, 15) is 8.42 Å². The number of hydrogen-bond acceptors (Lipinski definition) is 4. The van der Waals surface area contributed by atoms with E-state index in [-0.39, 0.29) is 5.03 Å². The summed E-state index contributed by atoms with van der Waals surface area (Å²) in [5, 5.41) is -0.0627. The van der Waals surface area contributed by atoms with Crippen LogP contribution in [0.3, 0.4) is 0 Å². The zero-order valence-corrected chi connectivity index (χ0v) is 9.08. The lowest BCUT2D eigenvalue weighted by Crippen LogP contribution is -1.93. The Kier molecular flexibility index (Phi) is 2.03. The fraction of sp³-hybridized carbons (Fsp3) is 0. The van der Waals surface area contributed by atoms with E-state index in [1.165, 1.54) is 28.1 Å². The van der Waals surface area contributed by atoms with Crippen molar-refractivity contribution in [2.24, 2.45) is 0 Å². The van der Waals surface area contributed by atoms with E-state index in [4.69, 9.17) is 22.3 Å². The van der Waals surface area contributed by atoms with Crippen molar-refractivity contribution in [2.45, 2.75) is 5.03 Å². The second-order valence-electron chi connectivity index (χ2n) is 2.22. The van der Waals surface area contributed by atoms with Crippen molar-refractivity contribution in [1.29, 1.82) is 0 Å². The molecule has 0 aliphatic heterocycles. The largest absolute Gasteiger partial charge is 0.278 e. The zero-order valence-electron chi connectivity index (χ0n) is 5.94. The maximum Gasteiger partial charge on any atom is 0.278 e. The van der Waals surface area contributed by atoms with Gasteiger partial charge in [-0.2, -0.15) is 0 Å². The molecule has 13 heavy (non-hydrogen) atoms. The minimum Gasteiger partial charge on any atom is -0.278 e. The Hall–Kier alpha value is -0.300. The standard InChI is InChI=1S/C5H2Cl2N2O2S2/c6-3-2-9-4(13(7,10)11)1-8-5(9)12-3/h1-2H. The lowest BCUT2D eigenvalue weighted by molar-refractivity contribution is 0.605. The summed E-state index contributed by atoms with van der Waals surface area (Å²) in [6.45, 7) is 0. The lowest BCUT2D eigenvalue weighted by Gasteiger charge is -1.89. The predicted octanol–water partition coefficient (Wildman–Crippen LogP) is 1.98. The lowest BCUT2D eigenvalue weighted by atomic mass is 10.9. The first-order valence-corrected chi connectivity index (χ1v) is 6.56. The van der Waals surface area contributed by atoms with Crippen molar-refractivity contribution >= 4 is 47.6 Å². The molecule has 0 saturated carbocycles. The van der Waals surface area contributed by atoms with E-state index >= 15 is 0 Å². The van der Waals surface area contributed by atoms with Crippen LogP contribution < -0.4 is 0 Å². The predicted molar refractivity (Wildman–Crippen MR) is 51.1 cm³/mol. The second-order valence-corrected chi connectivity index (χ2v) is 6.38. The first-order valence-electron chi connectivity index (χ1n) is 3.05. The van der Waals surface area contributed by atoms with E-state index in [0.717, 1.165) is 0 Å². The molecule has 2 heterocycles. The fourth-order valence-corrected chi connectivity index (χ4v) is 2.86. The van der Waals surface area contributed by atoms with Gasteiger partial charge < -0.3 is 0 Å². The summed E-state index contributed by atoms with van der Waals surface area (Å²) in [4.78, 5) is 4.34. The molecule has 0 atom stereocenters. The summed E-state index contributed by atoms with van der Waals surface area (Å²) in [6.07, 6.45) is 2.66. The molecule has 0 spiro atoms. The van der Waals surface area contributed by atoms with Gasteiger partial charge in [-0.3, -0.25) is 4.40 Å². The fourth-order valence-electron chi connectivity index (χ4n) is 0.919. The Morgan fingerprint density at radius 1 is 1.54 bits per heavy atom. The smallest absolute Gasteiger partial charge is 0.278 e. The molecule has 0 aliphatic carbocycles. The van der Waals surface area contributed by atoms with Crippen molar-refractivity contribution in [1.82, 2.24) is 9.38 Å². The third-order valence-electron chi connectivity index (χ3n) is 1.40. The highest BCUT2D eigenvalue weighted by atomic mass is 35.7. The molecule has 0 aliphatic rings. The van der Waals surface area contributed by atoms with Gasteiger partial charge in [-0.15, -0.1) is 0 Å². The molecule has 0 aromatic carbocycles. The average Bonchev–Trinajstić information content (AvgIpc) is 2.41. The van der Waals surface area contributed by atoms with Gasteiger partial charge >= 0.3 is 0 Å². The third kappa shape index (κ3) is 1.54. The van der Waals surface area contributed by atoms with Gasteiger partial charge in [0.15, 0.2) is 9.99 Å². The van der Waals surface area contributed by atoms with E-state index in [2.05, 4.69) is 4.98 Å². The van der Waals surface area contributed by atoms with Gasteiger partial charge in [0.05, 0.1) is 6.20 Å². The van der Waals surface area contributed by atoms with Crippen LogP contribution in [0.15, 0.2) is 17.4 Å². The molecule has 0 fully saturated rings. The highest BCUT2D eigenvalue weighted by Gasteiger charge is 2.17. The monoisotopic (exact) mass is 256 g/mol. The minimum absolute atomic E-state index is 0.0627. The van der Waals surface area contributed by atoms with Crippen LogP contribution in [0.25, 0.3) is 4.96 Å². The van der Waals surface area contributed by atoms with Crippen LogP contribution in [0, 0.1) is 0 Å². The van der Waals surface area contributed by atoms with Crippen LogP contribution in [0.5, 0.6) is 0 Å². The van der Waals surface area contributed by atoms with E-state index in [0.29, 0.717) is 9.30 Å². The van der Waals surface area contributed by atoms with Crippen LogP contribution in [0.2, 0.25) is 4.34 Å². The molecular weight excluding hydrogens is 255 g/mol. The summed E-state index contributed by atoms with van der Waals surface area (Å²) >= 11 is 6.85. The van der Waals surface area contributed by atoms with Gasteiger partial charge in [-0.25, -0.2) is 13.4 Å². The SMILES string of the molecule is O=S(=O)(Cl)c1cnc2sc(Cl)cn12. The Labute approximate surface area is 87.1 Å². The third-order valence-corrected chi connectivity index (χ3v) is 3.79. The normalized spacial score (nSPS) is 12.5. The van der Waals surface area contributed by atoms with Crippen molar-refractivity contribution in [3.8, 4) is 0 Å². The number of thiazole rings is 1. The summed E-state index contributed by atoms with van der Waals surface area (Å²) in [5.41, 5.74) is 0. The second kappa shape index (κ2) is 2.84. The van der Waals surface area contributed by atoms with E-state index < -0.39 is 9.05 Å².